The molecule has 258 valence electrons. The molecule has 2 heterocycles. The molecule has 2 aromatic heterocycles. The van der Waals surface area contributed by atoms with E-state index in [0.29, 0.717) is 17.5 Å². The zero-order chi connectivity index (χ0) is 36.6. The van der Waals surface area contributed by atoms with Crippen LogP contribution in [0.2, 0.25) is 0 Å². The molecule has 0 N–H and O–H groups in total. The first-order valence-corrected chi connectivity index (χ1v) is 18.4. The van der Waals surface area contributed by atoms with E-state index in [1.54, 1.807) is 0 Å². The average Bonchev–Trinajstić information content (AvgIpc) is 3.69. The summed E-state index contributed by atoms with van der Waals surface area (Å²) in [5, 5.41) is 8.19. The Balaban J connectivity index is 0.973. The second-order valence-electron chi connectivity index (χ2n) is 13.6. The highest BCUT2D eigenvalue weighted by molar-refractivity contribution is 5.99. The Morgan fingerprint density at radius 2 is 0.727 bits per heavy atom. The van der Waals surface area contributed by atoms with Gasteiger partial charge in [-0.2, -0.15) is 5.10 Å². The lowest BCUT2D eigenvalue weighted by molar-refractivity contribution is 0.911. The fourth-order valence-electron chi connectivity index (χ4n) is 7.26. The molecule has 0 aliphatic heterocycles. The van der Waals surface area contributed by atoms with Crippen LogP contribution in [0.4, 0.5) is 0 Å². The Hall–Kier alpha value is -7.50. The molecule has 0 aliphatic carbocycles. The Morgan fingerprint density at radius 3 is 1.27 bits per heavy atom. The largest absolute Gasteiger partial charge is 0.233 e. The molecule has 0 aliphatic rings. The van der Waals surface area contributed by atoms with Crippen LogP contribution in [0.3, 0.4) is 0 Å². The monoisotopic (exact) mass is 703 g/mol. The molecule has 0 saturated heterocycles. The summed E-state index contributed by atoms with van der Waals surface area (Å²) < 4.78 is 2.01. The number of para-hydroxylation sites is 1. The summed E-state index contributed by atoms with van der Waals surface area (Å²) in [6, 6.07) is 67.6. The van der Waals surface area contributed by atoms with Crippen molar-refractivity contribution in [3.8, 4) is 73.2 Å². The molecular formula is C50H33N5. The van der Waals surface area contributed by atoms with Crippen LogP contribution in [0.5, 0.6) is 0 Å². The minimum absolute atomic E-state index is 0.638. The first-order chi connectivity index (χ1) is 27.2. The van der Waals surface area contributed by atoms with Crippen LogP contribution in [0, 0.1) is 0 Å². The van der Waals surface area contributed by atoms with Crippen molar-refractivity contribution < 1.29 is 0 Å². The zero-order valence-corrected chi connectivity index (χ0v) is 29.8. The molecule has 0 bridgehead atoms. The van der Waals surface area contributed by atoms with E-state index in [0.717, 1.165) is 55.5 Å². The predicted molar refractivity (Wildman–Crippen MR) is 225 cm³/mol. The van der Waals surface area contributed by atoms with E-state index in [1.807, 2.05) is 89.7 Å². The van der Waals surface area contributed by atoms with Crippen molar-refractivity contribution in [2.24, 2.45) is 0 Å². The van der Waals surface area contributed by atoms with E-state index < -0.39 is 0 Å². The normalized spacial score (nSPS) is 11.3. The van der Waals surface area contributed by atoms with E-state index in [-0.39, 0.29) is 0 Å². The molecule has 0 amide bonds. The third-order valence-electron chi connectivity index (χ3n) is 10.1. The second kappa shape index (κ2) is 13.8. The standard InChI is InChI=1S/C50H33N5/c1-4-13-34(14-5-1)48-52-49(35-15-6-2-7-16-35)54-50(53-48)43-22-12-21-40(29-43)38-19-10-17-36(27-38)37-18-11-20-39(28-37)41-25-26-42-32-47-45(31-44(42)30-41)33-51-55(47)46-23-8-3-9-24-46/h1-33H. The Bertz CT molecular complexity index is 2910. The summed E-state index contributed by atoms with van der Waals surface area (Å²) in [6.07, 6.45) is 1.95. The Kier molecular flexibility index (Phi) is 8.08. The molecule has 0 spiro atoms. The topological polar surface area (TPSA) is 56.5 Å². The lowest BCUT2D eigenvalue weighted by Crippen LogP contribution is -2.00. The SMILES string of the molecule is c1ccc(-c2nc(-c3ccccc3)nc(-c3cccc(-c4cccc(-c5cccc(-c6ccc7cc8c(cnn8-c8ccccc8)cc7c6)c5)c4)c3)n2)cc1. The van der Waals surface area contributed by atoms with Crippen molar-refractivity contribution in [3.05, 3.63) is 200 Å². The average molecular weight is 704 g/mol. The van der Waals surface area contributed by atoms with Crippen molar-refractivity contribution in [1.29, 1.82) is 0 Å². The van der Waals surface area contributed by atoms with E-state index in [9.17, 15) is 0 Å². The van der Waals surface area contributed by atoms with Gasteiger partial charge in [0.2, 0.25) is 0 Å². The lowest BCUT2D eigenvalue weighted by atomic mass is 9.95. The van der Waals surface area contributed by atoms with Gasteiger partial charge in [-0.15, -0.1) is 0 Å². The van der Waals surface area contributed by atoms with Gasteiger partial charge in [-0.05, 0) is 92.7 Å². The number of rotatable bonds is 7. The number of aromatic nitrogens is 5. The van der Waals surface area contributed by atoms with Crippen LogP contribution in [0.1, 0.15) is 0 Å². The molecule has 10 aromatic rings. The third-order valence-corrected chi connectivity index (χ3v) is 10.1. The molecule has 5 heteroatoms. The fraction of sp³-hybridized carbons (Fsp3) is 0. The van der Waals surface area contributed by atoms with E-state index >= 15 is 0 Å². The highest BCUT2D eigenvalue weighted by atomic mass is 15.3. The van der Waals surface area contributed by atoms with Crippen LogP contribution in [0.15, 0.2) is 200 Å². The maximum atomic E-state index is 4.96. The first kappa shape index (κ1) is 32.2. The van der Waals surface area contributed by atoms with E-state index in [2.05, 4.69) is 115 Å². The molecule has 10 rings (SSSR count). The van der Waals surface area contributed by atoms with Crippen molar-refractivity contribution in [2.75, 3.05) is 0 Å². The van der Waals surface area contributed by atoms with Gasteiger partial charge < -0.3 is 0 Å². The summed E-state index contributed by atoms with van der Waals surface area (Å²) in [7, 11) is 0. The van der Waals surface area contributed by atoms with Crippen LogP contribution in [-0.2, 0) is 0 Å². The third kappa shape index (κ3) is 6.34. The second-order valence-corrected chi connectivity index (χ2v) is 13.6. The van der Waals surface area contributed by atoms with Gasteiger partial charge >= 0.3 is 0 Å². The number of hydrogen-bond acceptors (Lipinski definition) is 4. The molecule has 0 atom stereocenters. The maximum Gasteiger partial charge on any atom is 0.164 e. The zero-order valence-electron chi connectivity index (χ0n) is 29.8. The fourth-order valence-corrected chi connectivity index (χ4v) is 7.26. The minimum Gasteiger partial charge on any atom is -0.233 e. The summed E-state index contributed by atoms with van der Waals surface area (Å²) in [5.41, 5.74) is 11.9. The van der Waals surface area contributed by atoms with Crippen molar-refractivity contribution in [1.82, 2.24) is 24.7 Å². The van der Waals surface area contributed by atoms with E-state index in [4.69, 9.17) is 20.1 Å². The van der Waals surface area contributed by atoms with Gasteiger partial charge in [-0.1, -0.05) is 146 Å². The minimum atomic E-state index is 0.638. The molecule has 8 aromatic carbocycles. The quantitative estimate of drug-likeness (QED) is 0.166. The van der Waals surface area contributed by atoms with Crippen LogP contribution >= 0.6 is 0 Å². The highest BCUT2D eigenvalue weighted by Gasteiger charge is 2.14. The molecule has 0 fully saturated rings. The molecular weight excluding hydrogens is 671 g/mol. The van der Waals surface area contributed by atoms with Gasteiger partial charge in [0.1, 0.15) is 0 Å². The summed E-state index contributed by atoms with van der Waals surface area (Å²) in [6.45, 7) is 0. The summed E-state index contributed by atoms with van der Waals surface area (Å²) >= 11 is 0. The van der Waals surface area contributed by atoms with Crippen LogP contribution in [-0.4, -0.2) is 24.7 Å². The van der Waals surface area contributed by atoms with Gasteiger partial charge in [0.15, 0.2) is 17.5 Å². The van der Waals surface area contributed by atoms with Crippen molar-refractivity contribution in [2.45, 2.75) is 0 Å². The first-order valence-electron chi connectivity index (χ1n) is 18.4. The number of hydrogen-bond donors (Lipinski definition) is 0. The number of benzene rings is 8. The van der Waals surface area contributed by atoms with E-state index in [1.165, 1.54) is 21.9 Å². The van der Waals surface area contributed by atoms with Crippen molar-refractivity contribution >= 4 is 21.7 Å². The summed E-state index contributed by atoms with van der Waals surface area (Å²) in [5.74, 6) is 1.94. The number of fused-ring (bicyclic) bond motifs is 2. The lowest BCUT2D eigenvalue weighted by Gasteiger charge is -2.11. The van der Waals surface area contributed by atoms with Gasteiger partial charge in [-0.25, -0.2) is 19.6 Å². The predicted octanol–water partition coefficient (Wildman–Crippen LogP) is 12.4. The molecule has 55 heavy (non-hydrogen) atoms. The smallest absolute Gasteiger partial charge is 0.164 e. The molecule has 0 unspecified atom stereocenters. The Morgan fingerprint density at radius 1 is 0.291 bits per heavy atom. The maximum absolute atomic E-state index is 4.96. The molecule has 0 saturated carbocycles. The van der Waals surface area contributed by atoms with Gasteiger partial charge in [0.05, 0.1) is 17.4 Å². The summed E-state index contributed by atoms with van der Waals surface area (Å²) in [4.78, 5) is 14.8. The van der Waals surface area contributed by atoms with Gasteiger partial charge in [0.25, 0.3) is 0 Å². The van der Waals surface area contributed by atoms with Gasteiger partial charge in [0, 0.05) is 22.1 Å². The van der Waals surface area contributed by atoms with Crippen LogP contribution in [0.25, 0.3) is 94.9 Å². The van der Waals surface area contributed by atoms with Gasteiger partial charge in [-0.3, -0.25) is 0 Å². The van der Waals surface area contributed by atoms with Crippen molar-refractivity contribution in [3.63, 3.8) is 0 Å². The Labute approximate surface area is 318 Å². The number of nitrogens with zero attached hydrogens (tertiary/aromatic N) is 5. The molecule has 5 nitrogen and oxygen atoms in total. The molecule has 0 radical (unpaired) electrons. The van der Waals surface area contributed by atoms with Crippen LogP contribution < -0.4 is 0 Å². The highest BCUT2D eigenvalue weighted by Crippen LogP contribution is 2.34.